The van der Waals surface area contributed by atoms with Gasteiger partial charge in [0, 0.05) is 18.4 Å². The van der Waals surface area contributed by atoms with Crippen LogP contribution in [0.25, 0.3) is 0 Å². The van der Waals surface area contributed by atoms with Gasteiger partial charge in [0.05, 0.1) is 12.2 Å². The Morgan fingerprint density at radius 1 is 0.957 bits per heavy atom. The van der Waals surface area contributed by atoms with Crippen LogP contribution in [0.4, 0.5) is 5.69 Å². The molecule has 0 aliphatic carbocycles. The average molecular weight is 307 g/mol. The van der Waals surface area contributed by atoms with E-state index in [2.05, 4.69) is 38.1 Å². The fourth-order valence-electron chi connectivity index (χ4n) is 2.93. The van der Waals surface area contributed by atoms with Gasteiger partial charge in [-0.1, -0.05) is 50.2 Å². The van der Waals surface area contributed by atoms with Crippen LogP contribution in [0.15, 0.2) is 48.5 Å². The molecule has 0 atom stereocenters. The van der Waals surface area contributed by atoms with Crippen molar-refractivity contribution in [3.8, 4) is 0 Å². The van der Waals surface area contributed by atoms with Crippen LogP contribution in [0, 0.1) is 0 Å². The highest BCUT2D eigenvalue weighted by Gasteiger charge is 2.26. The number of carbonyl (C=O) groups is 2. The van der Waals surface area contributed by atoms with E-state index in [1.54, 1.807) is 4.90 Å². The van der Waals surface area contributed by atoms with Gasteiger partial charge in [-0.25, -0.2) is 0 Å². The fourth-order valence-corrected chi connectivity index (χ4v) is 2.93. The summed E-state index contributed by atoms with van der Waals surface area (Å²) in [6.07, 6.45) is 0.566. The van der Waals surface area contributed by atoms with Crippen LogP contribution in [0.3, 0.4) is 0 Å². The Morgan fingerprint density at radius 3 is 2.35 bits per heavy atom. The number of nitrogens with zero attached hydrogens (tertiary/aromatic N) is 1. The number of benzene rings is 2. The van der Waals surface area contributed by atoms with E-state index in [0.29, 0.717) is 24.4 Å². The number of fused-ring (bicyclic) bond motifs is 1. The number of carbonyl (C=O) groups excluding carboxylic acids is 2. The van der Waals surface area contributed by atoms with Crippen molar-refractivity contribution in [2.24, 2.45) is 0 Å². The predicted molar refractivity (Wildman–Crippen MR) is 91.7 cm³/mol. The molecular formula is C20H21NO2. The van der Waals surface area contributed by atoms with Crippen LogP contribution in [-0.4, -0.2) is 11.7 Å². The summed E-state index contributed by atoms with van der Waals surface area (Å²) in [6, 6.07) is 15.8. The molecule has 0 N–H and O–H groups in total. The van der Waals surface area contributed by atoms with Gasteiger partial charge >= 0.3 is 0 Å². The van der Waals surface area contributed by atoms with Crippen molar-refractivity contribution >= 4 is 17.4 Å². The molecule has 0 aromatic heterocycles. The molecule has 0 bridgehead atoms. The Labute approximate surface area is 136 Å². The zero-order valence-electron chi connectivity index (χ0n) is 13.6. The number of Topliss-reactive ketones (excluding diaryl/α,β-unsaturated/α-hetero) is 1. The maximum absolute atomic E-state index is 12.5. The Morgan fingerprint density at radius 2 is 1.65 bits per heavy atom. The van der Waals surface area contributed by atoms with E-state index in [4.69, 9.17) is 0 Å². The molecule has 1 amide bonds. The maximum Gasteiger partial charge on any atom is 0.227 e. The molecule has 23 heavy (non-hydrogen) atoms. The SMILES string of the molecule is CC(C)c1ccc(CN2C(=O)CCC(=O)c3ccccc32)cc1. The molecule has 3 rings (SSSR count). The minimum absolute atomic E-state index is 0.0104. The molecule has 0 spiro atoms. The van der Waals surface area contributed by atoms with Gasteiger partial charge in [-0.15, -0.1) is 0 Å². The minimum Gasteiger partial charge on any atom is -0.307 e. The van der Waals surface area contributed by atoms with Gasteiger partial charge in [-0.05, 0) is 29.2 Å². The van der Waals surface area contributed by atoms with Gasteiger partial charge in [-0.2, -0.15) is 0 Å². The summed E-state index contributed by atoms with van der Waals surface area (Å²) in [7, 11) is 0. The third-order valence-electron chi connectivity index (χ3n) is 4.35. The smallest absolute Gasteiger partial charge is 0.227 e. The average Bonchev–Trinajstić information content (AvgIpc) is 2.68. The lowest BCUT2D eigenvalue weighted by Gasteiger charge is -2.23. The lowest BCUT2D eigenvalue weighted by molar-refractivity contribution is -0.118. The zero-order valence-corrected chi connectivity index (χ0v) is 13.6. The van der Waals surface area contributed by atoms with Crippen LogP contribution >= 0.6 is 0 Å². The second-order valence-electron chi connectivity index (χ2n) is 6.32. The first-order valence-corrected chi connectivity index (χ1v) is 8.07. The highest BCUT2D eigenvalue weighted by molar-refractivity contribution is 6.09. The number of hydrogen-bond acceptors (Lipinski definition) is 2. The number of rotatable bonds is 3. The Balaban J connectivity index is 1.92. The van der Waals surface area contributed by atoms with E-state index < -0.39 is 0 Å². The summed E-state index contributed by atoms with van der Waals surface area (Å²) in [5.74, 6) is 0.546. The number of amides is 1. The quantitative estimate of drug-likeness (QED) is 0.847. The van der Waals surface area contributed by atoms with Crippen molar-refractivity contribution in [3.63, 3.8) is 0 Å². The molecule has 2 aromatic rings. The third kappa shape index (κ3) is 3.19. The molecule has 3 nitrogen and oxygen atoms in total. The van der Waals surface area contributed by atoms with Crippen molar-refractivity contribution in [2.45, 2.75) is 39.2 Å². The summed E-state index contributed by atoms with van der Waals surface area (Å²) < 4.78 is 0. The molecule has 118 valence electrons. The second-order valence-corrected chi connectivity index (χ2v) is 6.32. The predicted octanol–water partition coefficient (Wildman–Crippen LogP) is 4.32. The largest absolute Gasteiger partial charge is 0.307 e. The van der Waals surface area contributed by atoms with Gasteiger partial charge in [0.2, 0.25) is 5.91 Å². The van der Waals surface area contributed by atoms with Gasteiger partial charge in [0.15, 0.2) is 5.78 Å². The molecule has 0 fully saturated rings. The van der Waals surface area contributed by atoms with Crippen molar-refractivity contribution in [1.82, 2.24) is 0 Å². The zero-order chi connectivity index (χ0) is 16.4. The molecular weight excluding hydrogens is 286 g/mol. The van der Waals surface area contributed by atoms with E-state index in [1.165, 1.54) is 5.56 Å². The Bertz CT molecular complexity index is 732. The standard InChI is InChI=1S/C20H21NO2/c1-14(2)16-9-7-15(8-10-16)13-21-18-6-4-3-5-17(18)19(22)11-12-20(21)23/h3-10,14H,11-13H2,1-2H3. The highest BCUT2D eigenvalue weighted by atomic mass is 16.2. The molecule has 0 saturated heterocycles. The fraction of sp³-hybridized carbons (Fsp3) is 0.300. The first-order chi connectivity index (χ1) is 11.1. The molecule has 0 unspecified atom stereocenters. The van der Waals surface area contributed by atoms with E-state index in [1.807, 2.05) is 24.3 Å². The van der Waals surface area contributed by atoms with Gasteiger partial charge < -0.3 is 4.90 Å². The van der Waals surface area contributed by atoms with Crippen molar-refractivity contribution in [3.05, 3.63) is 65.2 Å². The van der Waals surface area contributed by atoms with Crippen LogP contribution in [0.5, 0.6) is 0 Å². The normalized spacial score (nSPS) is 14.8. The molecule has 0 radical (unpaired) electrons. The van der Waals surface area contributed by atoms with Crippen LogP contribution in [0.2, 0.25) is 0 Å². The molecule has 1 aliphatic heterocycles. The summed E-state index contributed by atoms with van der Waals surface area (Å²) in [6.45, 7) is 4.83. The highest BCUT2D eigenvalue weighted by Crippen LogP contribution is 2.28. The molecule has 1 heterocycles. The number of hydrogen-bond donors (Lipinski definition) is 0. The minimum atomic E-state index is 0.0104. The lowest BCUT2D eigenvalue weighted by Crippen LogP contribution is -2.29. The summed E-state index contributed by atoms with van der Waals surface area (Å²) >= 11 is 0. The van der Waals surface area contributed by atoms with Gasteiger partial charge in [0.1, 0.15) is 0 Å². The Kier molecular flexibility index (Phi) is 4.28. The van der Waals surface area contributed by atoms with Gasteiger partial charge in [-0.3, -0.25) is 9.59 Å². The van der Waals surface area contributed by atoms with Crippen LogP contribution in [-0.2, 0) is 11.3 Å². The summed E-state index contributed by atoms with van der Waals surface area (Å²) in [4.78, 5) is 26.4. The molecule has 3 heteroatoms. The van der Waals surface area contributed by atoms with E-state index in [9.17, 15) is 9.59 Å². The van der Waals surface area contributed by atoms with Crippen molar-refractivity contribution in [2.75, 3.05) is 4.90 Å². The number of para-hydroxylation sites is 1. The first-order valence-electron chi connectivity index (χ1n) is 8.07. The van der Waals surface area contributed by atoms with E-state index in [-0.39, 0.29) is 18.1 Å². The van der Waals surface area contributed by atoms with Crippen molar-refractivity contribution in [1.29, 1.82) is 0 Å². The summed E-state index contributed by atoms with van der Waals surface area (Å²) in [5, 5.41) is 0. The maximum atomic E-state index is 12.5. The molecule has 2 aromatic carbocycles. The van der Waals surface area contributed by atoms with E-state index >= 15 is 0 Å². The molecule has 1 aliphatic rings. The Hall–Kier alpha value is -2.42. The second kappa shape index (κ2) is 6.37. The molecule has 0 saturated carbocycles. The number of ketones is 1. The first kappa shape index (κ1) is 15.5. The lowest BCUT2D eigenvalue weighted by atomic mass is 10.0. The third-order valence-corrected chi connectivity index (χ3v) is 4.35. The van der Waals surface area contributed by atoms with Crippen molar-refractivity contribution < 1.29 is 9.59 Å². The van der Waals surface area contributed by atoms with Crippen LogP contribution in [0.1, 0.15) is 54.1 Å². The van der Waals surface area contributed by atoms with Crippen LogP contribution < -0.4 is 4.90 Å². The topological polar surface area (TPSA) is 37.4 Å². The number of anilines is 1. The van der Waals surface area contributed by atoms with E-state index in [0.717, 1.165) is 11.3 Å². The van der Waals surface area contributed by atoms with Gasteiger partial charge in [0.25, 0.3) is 0 Å². The summed E-state index contributed by atoms with van der Waals surface area (Å²) in [5.41, 5.74) is 3.74. The monoisotopic (exact) mass is 307 g/mol.